The van der Waals surface area contributed by atoms with Gasteiger partial charge in [-0.2, -0.15) is 0 Å². The highest BCUT2D eigenvalue weighted by atomic mass is 16.6. The number of fused-ring (bicyclic) bond motifs is 3. The van der Waals surface area contributed by atoms with E-state index < -0.39 is 66.1 Å². The Hall–Kier alpha value is -3.32. The van der Waals surface area contributed by atoms with Crippen molar-refractivity contribution in [1.29, 1.82) is 0 Å². The van der Waals surface area contributed by atoms with E-state index in [0.29, 0.717) is 6.42 Å². The molecular weight excluding hydrogens is 524 g/mol. The molecule has 2 aliphatic heterocycles. The summed E-state index contributed by atoms with van der Waals surface area (Å²) in [4.78, 5) is 50.7. The van der Waals surface area contributed by atoms with Gasteiger partial charge in [0.25, 0.3) is 5.91 Å². The summed E-state index contributed by atoms with van der Waals surface area (Å²) in [5.41, 5.74) is 5.50. The van der Waals surface area contributed by atoms with Crippen molar-refractivity contribution in [2.45, 2.75) is 70.2 Å². The van der Waals surface area contributed by atoms with Crippen LogP contribution in [0.3, 0.4) is 0 Å². The number of amides is 2. The van der Waals surface area contributed by atoms with Crippen LogP contribution in [-0.4, -0.2) is 86.6 Å². The van der Waals surface area contributed by atoms with E-state index in [1.165, 1.54) is 21.3 Å². The van der Waals surface area contributed by atoms with Crippen LogP contribution in [0.4, 0.5) is 4.79 Å². The highest BCUT2D eigenvalue weighted by Gasteiger charge is 2.48. The zero-order valence-corrected chi connectivity index (χ0v) is 23.5. The maximum absolute atomic E-state index is 13.3. The van der Waals surface area contributed by atoms with E-state index in [-0.39, 0.29) is 34.9 Å². The van der Waals surface area contributed by atoms with Crippen molar-refractivity contribution in [1.82, 2.24) is 5.32 Å². The summed E-state index contributed by atoms with van der Waals surface area (Å²) >= 11 is 0. The predicted octanol–water partition coefficient (Wildman–Crippen LogP) is 1.23. The summed E-state index contributed by atoms with van der Waals surface area (Å²) < 4.78 is 27.4. The minimum atomic E-state index is -1.02. The van der Waals surface area contributed by atoms with Crippen LogP contribution in [0.15, 0.2) is 46.9 Å². The van der Waals surface area contributed by atoms with Crippen LogP contribution >= 0.6 is 0 Å². The molecule has 1 aliphatic carbocycles. The molecule has 2 heterocycles. The van der Waals surface area contributed by atoms with Gasteiger partial charge in [-0.3, -0.25) is 14.4 Å². The van der Waals surface area contributed by atoms with Crippen molar-refractivity contribution in [3.8, 4) is 0 Å². The third kappa shape index (κ3) is 7.25. The monoisotopic (exact) mass is 562 g/mol. The van der Waals surface area contributed by atoms with E-state index in [4.69, 9.17) is 29.4 Å². The van der Waals surface area contributed by atoms with Crippen molar-refractivity contribution in [2.75, 3.05) is 21.3 Å². The van der Waals surface area contributed by atoms with E-state index in [2.05, 4.69) is 5.32 Å². The Bertz CT molecular complexity index is 1140. The molecule has 2 amide bonds. The number of hydrogen-bond donors (Lipinski definition) is 3. The second-order valence-corrected chi connectivity index (χ2v) is 10.3. The van der Waals surface area contributed by atoms with Crippen molar-refractivity contribution in [2.24, 2.45) is 17.6 Å². The minimum Gasteiger partial charge on any atom is -0.492 e. The summed E-state index contributed by atoms with van der Waals surface area (Å²) in [7, 11) is 4.20. The average molecular weight is 563 g/mol. The molecule has 0 saturated carbocycles. The van der Waals surface area contributed by atoms with Crippen LogP contribution in [0, 0.1) is 11.8 Å². The fourth-order valence-corrected chi connectivity index (χ4v) is 5.00. The van der Waals surface area contributed by atoms with E-state index in [0.717, 1.165) is 6.08 Å². The molecule has 0 aromatic carbocycles. The molecule has 8 atom stereocenters. The number of ether oxygens (including phenoxy) is 5. The number of primary amides is 1. The maximum atomic E-state index is 13.3. The van der Waals surface area contributed by atoms with Gasteiger partial charge in [-0.1, -0.05) is 19.9 Å². The number of hydrogen-bond acceptors (Lipinski definition) is 10. The van der Waals surface area contributed by atoms with Gasteiger partial charge < -0.3 is 39.8 Å². The van der Waals surface area contributed by atoms with Gasteiger partial charge in [0.1, 0.15) is 18.3 Å². The molecule has 0 aromatic heterocycles. The first-order chi connectivity index (χ1) is 18.9. The fraction of sp³-hybridized carbons (Fsp3) is 0.571. The number of aliphatic hydroxyl groups is 1. The van der Waals surface area contributed by atoms with E-state index in [1.807, 2.05) is 6.92 Å². The maximum Gasteiger partial charge on any atom is 0.405 e. The Kier molecular flexibility index (Phi) is 10.4. The van der Waals surface area contributed by atoms with Crippen LogP contribution in [-0.2, 0) is 38.1 Å². The van der Waals surface area contributed by atoms with Crippen molar-refractivity contribution in [3.63, 3.8) is 0 Å². The SMILES string of the molecule is COC1=C2C[C@@H](C)C[C@H](OC)[C@H](O)[C@@H](C)/C=C/[C@H](OC(N)=O)[C@@H](OC)[C@@H]3O[C@@H]3/C=C(\C)C(=O)NC(=CC1=O)C2=O. The third-order valence-electron chi connectivity index (χ3n) is 7.26. The van der Waals surface area contributed by atoms with Crippen LogP contribution in [0.25, 0.3) is 0 Å². The Morgan fingerprint density at radius 2 is 1.82 bits per heavy atom. The molecule has 12 nitrogen and oxygen atoms in total. The number of epoxide rings is 1. The number of rotatable bonds is 4. The first-order valence-corrected chi connectivity index (χ1v) is 13.0. The number of carbonyl (C=O) groups is 4. The lowest BCUT2D eigenvalue weighted by molar-refractivity contribution is -0.120. The van der Waals surface area contributed by atoms with Gasteiger partial charge in [-0.05, 0) is 37.8 Å². The normalized spacial score (nSPS) is 36.0. The molecule has 12 heteroatoms. The van der Waals surface area contributed by atoms with Gasteiger partial charge >= 0.3 is 6.09 Å². The number of allylic oxidation sites excluding steroid dienone is 2. The molecule has 0 aromatic rings. The number of Topliss-reactive ketones (excluding diaryl/α,β-unsaturated/α-hetero) is 1. The standard InChI is InChI=1S/C28H38N2O10/c1-13-9-16-23(33)17(12-18(31)24(16)37-5)30-27(34)15(3)11-21-26(39-21)25(38-6)19(40-28(29)35)8-7-14(2)22(32)20(10-13)36-4/h7-8,11-14,19-22,25-26,32H,9-10H2,1-6H3,(H2,29,35)(H,30,34)/b8-7+,15-11+/t13-,14+,19+,20+,21-,22-,25-,26-/m1/s1. The second-order valence-electron chi connectivity index (χ2n) is 10.3. The molecule has 40 heavy (non-hydrogen) atoms. The lowest BCUT2D eigenvalue weighted by Crippen LogP contribution is -2.38. The van der Waals surface area contributed by atoms with Crippen LogP contribution in [0.2, 0.25) is 0 Å². The molecule has 0 radical (unpaired) electrons. The molecule has 0 unspecified atom stereocenters. The lowest BCUT2D eigenvalue weighted by Gasteiger charge is -2.29. The summed E-state index contributed by atoms with van der Waals surface area (Å²) in [5.74, 6) is -2.42. The summed E-state index contributed by atoms with van der Waals surface area (Å²) in [6.07, 6.45) is 0.869. The van der Waals surface area contributed by atoms with E-state index in [1.54, 1.807) is 32.1 Å². The molecule has 3 rings (SSSR count). The van der Waals surface area contributed by atoms with Crippen molar-refractivity contribution >= 4 is 23.6 Å². The number of nitrogens with two attached hydrogens (primary N) is 1. The summed E-state index contributed by atoms with van der Waals surface area (Å²) in [6, 6.07) is 0. The van der Waals surface area contributed by atoms with E-state index in [9.17, 15) is 24.3 Å². The molecular formula is C28H38N2O10. The van der Waals surface area contributed by atoms with Gasteiger partial charge in [0.2, 0.25) is 11.6 Å². The zero-order valence-electron chi connectivity index (χ0n) is 23.5. The Balaban J connectivity index is 2.01. The quantitative estimate of drug-likeness (QED) is 0.257. The van der Waals surface area contributed by atoms with Crippen molar-refractivity contribution < 1.29 is 48.0 Å². The molecule has 4 N–H and O–H groups in total. The number of aliphatic hydroxyl groups excluding tert-OH is 1. The molecule has 220 valence electrons. The highest BCUT2D eigenvalue weighted by molar-refractivity contribution is 6.23. The fourth-order valence-electron chi connectivity index (χ4n) is 5.00. The van der Waals surface area contributed by atoms with Crippen molar-refractivity contribution in [3.05, 3.63) is 46.9 Å². The molecule has 1 saturated heterocycles. The number of ketones is 2. The van der Waals surface area contributed by atoms with Gasteiger partial charge in [0, 0.05) is 37.4 Å². The first kappa shape index (κ1) is 31.2. The molecule has 2 bridgehead atoms. The van der Waals surface area contributed by atoms with Crippen LogP contribution < -0.4 is 11.1 Å². The van der Waals surface area contributed by atoms with Gasteiger partial charge in [0.05, 0.1) is 25.0 Å². The zero-order chi connectivity index (χ0) is 29.7. The predicted molar refractivity (Wildman–Crippen MR) is 141 cm³/mol. The van der Waals surface area contributed by atoms with E-state index >= 15 is 0 Å². The van der Waals surface area contributed by atoms with Gasteiger partial charge in [-0.25, -0.2) is 4.79 Å². The lowest BCUT2D eigenvalue weighted by atomic mass is 9.86. The summed E-state index contributed by atoms with van der Waals surface area (Å²) in [6.45, 7) is 5.17. The highest BCUT2D eigenvalue weighted by Crippen LogP contribution is 2.33. The Morgan fingerprint density at radius 1 is 1.12 bits per heavy atom. The minimum absolute atomic E-state index is 0.0841. The number of methoxy groups -OCH3 is 3. The van der Waals surface area contributed by atoms with Crippen LogP contribution in [0.5, 0.6) is 0 Å². The topological polar surface area (TPSA) is 176 Å². The van der Waals surface area contributed by atoms with Crippen LogP contribution in [0.1, 0.15) is 33.6 Å². The molecule has 3 aliphatic rings. The van der Waals surface area contributed by atoms with Gasteiger partial charge in [0.15, 0.2) is 11.9 Å². The second kappa shape index (κ2) is 13.4. The number of nitrogens with one attached hydrogen (secondary N) is 1. The first-order valence-electron chi connectivity index (χ1n) is 13.0. The number of carbonyl (C=O) groups excluding carboxylic acids is 4. The molecule has 1 fully saturated rings. The molecule has 0 spiro atoms. The smallest absolute Gasteiger partial charge is 0.405 e. The largest absolute Gasteiger partial charge is 0.492 e. The average Bonchev–Trinajstić information content (AvgIpc) is 3.65. The Labute approximate surface area is 233 Å². The summed E-state index contributed by atoms with van der Waals surface area (Å²) in [5, 5.41) is 13.6. The Morgan fingerprint density at radius 3 is 2.42 bits per heavy atom. The van der Waals surface area contributed by atoms with Gasteiger partial charge in [-0.15, -0.1) is 0 Å². The third-order valence-corrected chi connectivity index (χ3v) is 7.26.